The Morgan fingerprint density at radius 2 is 1.67 bits per heavy atom. The van der Waals surface area contributed by atoms with E-state index >= 15 is 0 Å². The second kappa shape index (κ2) is 8.57. The summed E-state index contributed by atoms with van der Waals surface area (Å²) in [7, 11) is 0. The fourth-order valence-electron chi connectivity index (χ4n) is 3.33. The number of halogens is 1. The summed E-state index contributed by atoms with van der Waals surface area (Å²) in [4.78, 5) is 26.9. The summed E-state index contributed by atoms with van der Waals surface area (Å²) in [6.07, 6.45) is 1.48. The van der Waals surface area contributed by atoms with E-state index in [1.807, 2.05) is 29.2 Å². The molecule has 4 nitrogen and oxygen atoms in total. The molecule has 1 saturated heterocycles. The van der Waals surface area contributed by atoms with Gasteiger partial charge >= 0.3 is 0 Å². The Kier molecular flexibility index (Phi) is 6.17. The molecule has 0 aromatic heterocycles. The predicted molar refractivity (Wildman–Crippen MR) is 108 cm³/mol. The number of amides is 2. The van der Waals surface area contributed by atoms with Crippen molar-refractivity contribution in [3.05, 3.63) is 70.2 Å². The molecule has 5 heteroatoms. The van der Waals surface area contributed by atoms with Crippen LogP contribution < -0.4 is 5.32 Å². The Bertz CT molecular complexity index is 809. The van der Waals surface area contributed by atoms with E-state index in [2.05, 4.69) is 19.2 Å². The highest BCUT2D eigenvalue weighted by molar-refractivity contribution is 6.33. The Morgan fingerprint density at radius 1 is 1.04 bits per heavy atom. The molecule has 1 N–H and O–H groups in total. The first-order chi connectivity index (χ1) is 13.0. The highest BCUT2D eigenvalue weighted by Gasteiger charge is 2.25. The average molecular weight is 385 g/mol. The second-order valence-electron chi connectivity index (χ2n) is 7.30. The Hall–Kier alpha value is -2.33. The highest BCUT2D eigenvalue weighted by Crippen LogP contribution is 2.19. The van der Waals surface area contributed by atoms with E-state index in [0.29, 0.717) is 29.6 Å². The van der Waals surface area contributed by atoms with Crippen molar-refractivity contribution < 1.29 is 9.59 Å². The van der Waals surface area contributed by atoms with Crippen molar-refractivity contribution in [2.24, 2.45) is 0 Å². The molecule has 2 aromatic rings. The molecule has 0 bridgehead atoms. The first-order valence-electron chi connectivity index (χ1n) is 9.40. The van der Waals surface area contributed by atoms with Gasteiger partial charge in [0, 0.05) is 24.7 Å². The van der Waals surface area contributed by atoms with Crippen LogP contribution >= 0.6 is 11.6 Å². The van der Waals surface area contributed by atoms with E-state index < -0.39 is 0 Å². The number of benzene rings is 2. The molecule has 0 radical (unpaired) electrons. The minimum Gasteiger partial charge on any atom is -0.349 e. The van der Waals surface area contributed by atoms with Crippen LogP contribution in [0.25, 0.3) is 0 Å². The summed E-state index contributed by atoms with van der Waals surface area (Å²) in [6, 6.07) is 14.9. The van der Waals surface area contributed by atoms with Crippen LogP contribution in [-0.4, -0.2) is 35.8 Å². The monoisotopic (exact) mass is 384 g/mol. The zero-order valence-corrected chi connectivity index (χ0v) is 16.5. The molecule has 2 amide bonds. The summed E-state index contributed by atoms with van der Waals surface area (Å²) in [5.41, 5.74) is 2.44. The molecule has 1 aliphatic rings. The van der Waals surface area contributed by atoms with Gasteiger partial charge in [0.1, 0.15) is 0 Å². The van der Waals surface area contributed by atoms with Gasteiger partial charge in [0.15, 0.2) is 0 Å². The third-order valence-electron chi connectivity index (χ3n) is 5.06. The van der Waals surface area contributed by atoms with Gasteiger partial charge in [-0.2, -0.15) is 0 Å². The molecule has 27 heavy (non-hydrogen) atoms. The van der Waals surface area contributed by atoms with Gasteiger partial charge in [-0.1, -0.05) is 49.7 Å². The van der Waals surface area contributed by atoms with Crippen molar-refractivity contribution in [3.8, 4) is 0 Å². The van der Waals surface area contributed by atoms with Crippen LogP contribution in [0.4, 0.5) is 0 Å². The summed E-state index contributed by atoms with van der Waals surface area (Å²) >= 11 is 6.09. The lowest BCUT2D eigenvalue weighted by atomic mass is 10.00. The zero-order chi connectivity index (χ0) is 19.4. The maximum atomic E-state index is 12.7. The first kappa shape index (κ1) is 19.4. The van der Waals surface area contributed by atoms with Crippen LogP contribution in [0.3, 0.4) is 0 Å². The topological polar surface area (TPSA) is 49.4 Å². The molecule has 3 rings (SSSR count). The van der Waals surface area contributed by atoms with E-state index in [1.54, 1.807) is 24.3 Å². The second-order valence-corrected chi connectivity index (χ2v) is 7.70. The highest BCUT2D eigenvalue weighted by atomic mass is 35.5. The molecule has 0 unspecified atom stereocenters. The lowest BCUT2D eigenvalue weighted by molar-refractivity contribution is 0.0698. The fraction of sp³-hybridized carbons (Fsp3) is 0.364. The van der Waals surface area contributed by atoms with Crippen molar-refractivity contribution in [1.29, 1.82) is 0 Å². The van der Waals surface area contributed by atoms with Crippen LogP contribution in [0, 0.1) is 0 Å². The molecular weight excluding hydrogens is 360 g/mol. The van der Waals surface area contributed by atoms with Gasteiger partial charge in [0.05, 0.1) is 10.6 Å². The summed E-state index contributed by atoms with van der Waals surface area (Å²) in [5, 5.41) is 3.49. The number of carbonyl (C=O) groups is 2. The minimum absolute atomic E-state index is 0.0566. The molecule has 0 saturated carbocycles. The Morgan fingerprint density at radius 3 is 2.26 bits per heavy atom. The fourth-order valence-corrected chi connectivity index (χ4v) is 3.55. The first-order valence-corrected chi connectivity index (χ1v) is 9.78. The molecule has 1 fully saturated rings. The lowest BCUT2D eigenvalue weighted by Crippen LogP contribution is -2.46. The maximum absolute atomic E-state index is 12.7. The number of likely N-dealkylation sites (tertiary alicyclic amines) is 1. The molecular formula is C22H25ClN2O2. The van der Waals surface area contributed by atoms with Crippen molar-refractivity contribution >= 4 is 23.4 Å². The number of carbonyl (C=O) groups excluding carboxylic acids is 2. The number of rotatable bonds is 4. The quantitative estimate of drug-likeness (QED) is 0.843. The molecule has 0 atom stereocenters. The number of hydrogen-bond donors (Lipinski definition) is 1. The van der Waals surface area contributed by atoms with E-state index in [-0.39, 0.29) is 17.9 Å². The standard InChI is InChI=1S/C22H25ClN2O2/c1-15(2)16-7-9-17(10-8-16)22(27)25-13-11-18(12-14-25)24-21(26)19-5-3-4-6-20(19)23/h3-10,15,18H,11-14H2,1-2H3,(H,24,26). The third-order valence-corrected chi connectivity index (χ3v) is 5.39. The normalized spacial score (nSPS) is 15.0. The van der Waals surface area contributed by atoms with Crippen molar-refractivity contribution in [1.82, 2.24) is 10.2 Å². The van der Waals surface area contributed by atoms with E-state index in [4.69, 9.17) is 11.6 Å². The SMILES string of the molecule is CC(C)c1ccc(C(=O)N2CCC(NC(=O)c3ccccc3Cl)CC2)cc1. The van der Waals surface area contributed by atoms with Crippen molar-refractivity contribution in [3.63, 3.8) is 0 Å². The maximum Gasteiger partial charge on any atom is 0.253 e. The summed E-state index contributed by atoms with van der Waals surface area (Å²) < 4.78 is 0. The number of nitrogens with one attached hydrogen (secondary N) is 1. The van der Waals surface area contributed by atoms with Gasteiger partial charge in [-0.25, -0.2) is 0 Å². The van der Waals surface area contributed by atoms with Crippen molar-refractivity contribution in [2.45, 2.75) is 38.6 Å². The Balaban J connectivity index is 1.54. The molecule has 142 valence electrons. The molecule has 1 heterocycles. The smallest absolute Gasteiger partial charge is 0.253 e. The molecule has 0 spiro atoms. The van der Waals surface area contributed by atoms with Gasteiger partial charge in [-0.15, -0.1) is 0 Å². The number of hydrogen-bond acceptors (Lipinski definition) is 2. The largest absolute Gasteiger partial charge is 0.349 e. The van der Waals surface area contributed by atoms with Crippen LogP contribution in [-0.2, 0) is 0 Å². The number of piperidine rings is 1. The van der Waals surface area contributed by atoms with Gasteiger partial charge in [-0.3, -0.25) is 9.59 Å². The number of nitrogens with zero attached hydrogens (tertiary/aromatic N) is 1. The average Bonchev–Trinajstić information content (AvgIpc) is 2.68. The van der Waals surface area contributed by atoms with E-state index in [1.165, 1.54) is 5.56 Å². The van der Waals surface area contributed by atoms with Crippen LogP contribution in [0.2, 0.25) is 5.02 Å². The van der Waals surface area contributed by atoms with Crippen LogP contribution in [0.5, 0.6) is 0 Å². The molecule has 1 aliphatic heterocycles. The van der Waals surface area contributed by atoms with E-state index in [0.717, 1.165) is 18.4 Å². The van der Waals surface area contributed by atoms with Gasteiger partial charge in [0.25, 0.3) is 11.8 Å². The van der Waals surface area contributed by atoms with Crippen LogP contribution in [0.15, 0.2) is 48.5 Å². The molecule has 2 aromatic carbocycles. The van der Waals surface area contributed by atoms with Gasteiger partial charge < -0.3 is 10.2 Å². The summed E-state index contributed by atoms with van der Waals surface area (Å²) in [6.45, 7) is 5.55. The predicted octanol–water partition coefficient (Wildman–Crippen LogP) is 4.50. The van der Waals surface area contributed by atoms with Crippen LogP contribution in [0.1, 0.15) is 58.9 Å². The molecule has 0 aliphatic carbocycles. The third kappa shape index (κ3) is 4.69. The Labute approximate surface area is 165 Å². The minimum atomic E-state index is -0.158. The van der Waals surface area contributed by atoms with Gasteiger partial charge in [0.2, 0.25) is 0 Å². The van der Waals surface area contributed by atoms with E-state index in [9.17, 15) is 9.59 Å². The van der Waals surface area contributed by atoms with Gasteiger partial charge in [-0.05, 0) is 48.6 Å². The zero-order valence-electron chi connectivity index (χ0n) is 15.7. The van der Waals surface area contributed by atoms with Crippen molar-refractivity contribution in [2.75, 3.05) is 13.1 Å². The lowest BCUT2D eigenvalue weighted by Gasteiger charge is -2.32. The summed E-state index contributed by atoms with van der Waals surface area (Å²) in [5.74, 6) is 0.350.